The number of nitrogens with zero attached hydrogens (tertiary/aromatic N) is 1. The van der Waals surface area contributed by atoms with Crippen LogP contribution in [0.3, 0.4) is 0 Å². The molecule has 0 radical (unpaired) electrons. The number of hydrogen-bond donors (Lipinski definition) is 1. The number of nitrogens with two attached hydrogens (primary N) is 1. The molecule has 2 N–H and O–H groups in total. The van der Waals surface area contributed by atoms with E-state index in [1.807, 2.05) is 31.2 Å². The highest BCUT2D eigenvalue weighted by molar-refractivity contribution is 5.40. The highest BCUT2D eigenvalue weighted by atomic mass is 16.6. The number of ether oxygens (including phenoxy) is 1. The second kappa shape index (κ2) is 6.16. The van der Waals surface area contributed by atoms with Gasteiger partial charge in [-0.15, -0.1) is 0 Å². The smallest absolute Gasteiger partial charge is 0.276 e. The molecular formula is C15H16N2O3. The molecule has 0 aliphatic carbocycles. The van der Waals surface area contributed by atoms with Crippen molar-refractivity contribution in [2.75, 3.05) is 0 Å². The SMILES string of the molecule is CC(N)c1ccccc1OCc1ccccc1[N+](=O)[O-]. The average Bonchev–Trinajstić information content (AvgIpc) is 2.45. The summed E-state index contributed by atoms with van der Waals surface area (Å²) in [6.45, 7) is 2.01. The molecule has 0 fully saturated rings. The highest BCUT2D eigenvalue weighted by Crippen LogP contribution is 2.25. The van der Waals surface area contributed by atoms with E-state index in [9.17, 15) is 10.1 Å². The number of hydrogen-bond acceptors (Lipinski definition) is 4. The van der Waals surface area contributed by atoms with E-state index in [0.29, 0.717) is 11.3 Å². The van der Waals surface area contributed by atoms with Gasteiger partial charge >= 0.3 is 0 Å². The molecule has 2 aromatic rings. The van der Waals surface area contributed by atoms with Crippen LogP contribution in [0.25, 0.3) is 0 Å². The molecule has 20 heavy (non-hydrogen) atoms. The van der Waals surface area contributed by atoms with Gasteiger partial charge < -0.3 is 10.5 Å². The van der Waals surface area contributed by atoms with Gasteiger partial charge in [0.05, 0.1) is 10.5 Å². The summed E-state index contributed by atoms with van der Waals surface area (Å²) >= 11 is 0. The third kappa shape index (κ3) is 3.13. The summed E-state index contributed by atoms with van der Waals surface area (Å²) in [6.07, 6.45) is 0. The van der Waals surface area contributed by atoms with Crippen molar-refractivity contribution in [2.45, 2.75) is 19.6 Å². The molecular weight excluding hydrogens is 256 g/mol. The van der Waals surface area contributed by atoms with E-state index in [1.165, 1.54) is 6.07 Å². The van der Waals surface area contributed by atoms with Gasteiger partial charge in [0.2, 0.25) is 0 Å². The summed E-state index contributed by atoms with van der Waals surface area (Å²) in [5.41, 5.74) is 7.35. The van der Waals surface area contributed by atoms with Crippen molar-refractivity contribution in [1.29, 1.82) is 0 Å². The molecule has 1 atom stereocenters. The minimum absolute atomic E-state index is 0.0609. The van der Waals surface area contributed by atoms with E-state index in [-0.39, 0.29) is 18.3 Å². The van der Waals surface area contributed by atoms with Crippen LogP contribution in [-0.2, 0) is 6.61 Å². The van der Waals surface area contributed by atoms with Crippen molar-refractivity contribution < 1.29 is 9.66 Å². The predicted molar refractivity (Wildman–Crippen MR) is 76.5 cm³/mol. The monoisotopic (exact) mass is 272 g/mol. The summed E-state index contributed by atoms with van der Waals surface area (Å²) in [4.78, 5) is 10.5. The summed E-state index contributed by atoms with van der Waals surface area (Å²) in [6, 6.07) is 13.8. The largest absolute Gasteiger partial charge is 0.488 e. The van der Waals surface area contributed by atoms with Crippen molar-refractivity contribution in [3.63, 3.8) is 0 Å². The molecule has 1 unspecified atom stereocenters. The highest BCUT2D eigenvalue weighted by Gasteiger charge is 2.14. The molecule has 0 spiro atoms. The van der Waals surface area contributed by atoms with Gasteiger partial charge in [-0.05, 0) is 19.1 Å². The number of rotatable bonds is 5. The predicted octanol–water partition coefficient (Wildman–Crippen LogP) is 3.19. The van der Waals surface area contributed by atoms with E-state index in [0.717, 1.165) is 5.56 Å². The zero-order valence-corrected chi connectivity index (χ0v) is 11.2. The third-order valence-corrected chi connectivity index (χ3v) is 2.98. The quantitative estimate of drug-likeness (QED) is 0.669. The molecule has 0 amide bonds. The minimum atomic E-state index is -0.407. The van der Waals surface area contributed by atoms with Gasteiger partial charge in [0.15, 0.2) is 0 Å². The Bertz CT molecular complexity index is 612. The molecule has 0 bridgehead atoms. The second-order valence-electron chi connectivity index (χ2n) is 4.50. The van der Waals surface area contributed by atoms with Crippen LogP contribution in [0.5, 0.6) is 5.75 Å². The molecule has 0 saturated carbocycles. The van der Waals surface area contributed by atoms with Crippen LogP contribution in [0, 0.1) is 10.1 Å². The van der Waals surface area contributed by atoms with Crippen molar-refractivity contribution >= 4 is 5.69 Å². The van der Waals surface area contributed by atoms with Crippen LogP contribution < -0.4 is 10.5 Å². The van der Waals surface area contributed by atoms with Crippen LogP contribution in [0.2, 0.25) is 0 Å². The first-order valence-electron chi connectivity index (χ1n) is 6.29. The van der Waals surface area contributed by atoms with Crippen molar-refractivity contribution in [3.05, 3.63) is 69.8 Å². The summed E-state index contributed by atoms with van der Waals surface area (Å²) < 4.78 is 5.69. The van der Waals surface area contributed by atoms with Gasteiger partial charge in [-0.1, -0.05) is 30.3 Å². The number of nitro benzene ring substituents is 1. The molecule has 0 aromatic heterocycles. The van der Waals surface area contributed by atoms with Gasteiger partial charge in [0.25, 0.3) is 5.69 Å². The van der Waals surface area contributed by atoms with Crippen LogP contribution >= 0.6 is 0 Å². The van der Waals surface area contributed by atoms with Crippen molar-refractivity contribution in [2.24, 2.45) is 5.73 Å². The average molecular weight is 272 g/mol. The first-order valence-corrected chi connectivity index (χ1v) is 6.29. The fraction of sp³-hybridized carbons (Fsp3) is 0.200. The molecule has 5 nitrogen and oxygen atoms in total. The lowest BCUT2D eigenvalue weighted by molar-refractivity contribution is -0.385. The Balaban J connectivity index is 2.20. The first kappa shape index (κ1) is 14.0. The first-order chi connectivity index (χ1) is 9.59. The Hall–Kier alpha value is -2.40. The number of nitro groups is 1. The van der Waals surface area contributed by atoms with Crippen molar-refractivity contribution in [3.8, 4) is 5.75 Å². The Kier molecular flexibility index (Phi) is 4.32. The molecule has 0 heterocycles. The molecule has 0 aliphatic rings. The number of para-hydroxylation sites is 2. The van der Waals surface area contributed by atoms with Gasteiger partial charge in [0.1, 0.15) is 12.4 Å². The van der Waals surface area contributed by atoms with E-state index < -0.39 is 4.92 Å². The third-order valence-electron chi connectivity index (χ3n) is 2.98. The zero-order chi connectivity index (χ0) is 14.5. The molecule has 104 valence electrons. The van der Waals surface area contributed by atoms with Crippen LogP contribution in [0.4, 0.5) is 5.69 Å². The Morgan fingerprint density at radius 3 is 2.55 bits per heavy atom. The molecule has 5 heteroatoms. The van der Waals surface area contributed by atoms with Gasteiger partial charge in [-0.2, -0.15) is 0 Å². The summed E-state index contributed by atoms with van der Waals surface area (Å²) in [7, 11) is 0. The maximum atomic E-state index is 10.9. The topological polar surface area (TPSA) is 78.4 Å². The minimum Gasteiger partial charge on any atom is -0.488 e. The molecule has 0 saturated heterocycles. The molecule has 2 rings (SSSR count). The van der Waals surface area contributed by atoms with Gasteiger partial charge in [-0.25, -0.2) is 0 Å². The Morgan fingerprint density at radius 2 is 1.85 bits per heavy atom. The Labute approximate surface area is 117 Å². The van der Waals surface area contributed by atoms with Crippen LogP contribution in [-0.4, -0.2) is 4.92 Å². The van der Waals surface area contributed by atoms with Gasteiger partial charge in [0, 0.05) is 17.7 Å². The summed E-state index contributed by atoms with van der Waals surface area (Å²) in [5.74, 6) is 0.653. The maximum Gasteiger partial charge on any atom is 0.276 e. The maximum absolute atomic E-state index is 10.9. The fourth-order valence-corrected chi connectivity index (χ4v) is 1.95. The van der Waals surface area contributed by atoms with Gasteiger partial charge in [-0.3, -0.25) is 10.1 Å². The van der Waals surface area contributed by atoms with Crippen molar-refractivity contribution in [1.82, 2.24) is 0 Å². The van der Waals surface area contributed by atoms with E-state index in [4.69, 9.17) is 10.5 Å². The second-order valence-corrected chi connectivity index (χ2v) is 4.50. The van der Waals surface area contributed by atoms with E-state index >= 15 is 0 Å². The standard InChI is InChI=1S/C15H16N2O3/c1-11(16)13-7-3-5-9-15(13)20-10-12-6-2-4-8-14(12)17(18)19/h2-9,11H,10,16H2,1H3. The van der Waals surface area contributed by atoms with E-state index in [1.54, 1.807) is 18.2 Å². The molecule has 0 aliphatic heterocycles. The number of benzene rings is 2. The zero-order valence-electron chi connectivity index (χ0n) is 11.2. The lowest BCUT2D eigenvalue weighted by Crippen LogP contribution is -2.08. The fourth-order valence-electron chi connectivity index (χ4n) is 1.95. The normalized spacial score (nSPS) is 11.9. The lowest BCUT2D eigenvalue weighted by atomic mass is 10.1. The van der Waals surface area contributed by atoms with Crippen LogP contribution in [0.1, 0.15) is 24.1 Å². The molecule has 2 aromatic carbocycles. The lowest BCUT2D eigenvalue weighted by Gasteiger charge is -2.13. The van der Waals surface area contributed by atoms with E-state index in [2.05, 4.69) is 0 Å². The summed E-state index contributed by atoms with van der Waals surface area (Å²) in [5, 5.41) is 10.9. The van der Waals surface area contributed by atoms with Crippen LogP contribution in [0.15, 0.2) is 48.5 Å². The Morgan fingerprint density at radius 1 is 1.20 bits per heavy atom.